The van der Waals surface area contributed by atoms with Gasteiger partial charge in [-0.05, 0) is 37.0 Å². The van der Waals surface area contributed by atoms with E-state index in [0.29, 0.717) is 6.42 Å². The molecule has 0 aromatic heterocycles. The molecule has 0 amide bonds. The van der Waals surface area contributed by atoms with Gasteiger partial charge in [-0.1, -0.05) is 25.1 Å². The van der Waals surface area contributed by atoms with Crippen LogP contribution < -0.4 is 0 Å². The first-order valence-electron chi connectivity index (χ1n) is 4.86. The molecule has 0 saturated heterocycles. The van der Waals surface area contributed by atoms with Crippen LogP contribution in [0.25, 0.3) is 0 Å². The zero-order valence-corrected chi connectivity index (χ0v) is 8.87. The first kappa shape index (κ1) is 10.8. The quantitative estimate of drug-likeness (QED) is 0.799. The number of rotatable bonds is 3. The summed E-state index contributed by atoms with van der Waals surface area (Å²) in [4.78, 5) is 11.0. The van der Waals surface area contributed by atoms with Gasteiger partial charge in [-0.2, -0.15) is 0 Å². The summed E-state index contributed by atoms with van der Waals surface area (Å²) in [5.41, 5.74) is 3.20. The summed E-state index contributed by atoms with van der Waals surface area (Å²) in [5.74, 6) is -1.10. The zero-order chi connectivity index (χ0) is 10.7. The summed E-state index contributed by atoms with van der Waals surface area (Å²) < 4.78 is 0. The molecule has 0 fully saturated rings. The molecule has 1 aromatic carbocycles. The van der Waals surface area contributed by atoms with Gasteiger partial charge in [0.25, 0.3) is 0 Å². The fraction of sp³-hybridized carbons (Fsp3) is 0.417. The number of carbonyl (C=O) groups is 1. The lowest BCUT2D eigenvalue weighted by Crippen LogP contribution is -2.12. The van der Waals surface area contributed by atoms with Gasteiger partial charge in [0.05, 0.1) is 5.92 Å². The smallest absolute Gasteiger partial charge is 0.310 e. The molecule has 1 unspecified atom stereocenters. The van der Waals surface area contributed by atoms with Gasteiger partial charge < -0.3 is 5.11 Å². The van der Waals surface area contributed by atoms with Gasteiger partial charge >= 0.3 is 5.97 Å². The van der Waals surface area contributed by atoms with E-state index >= 15 is 0 Å². The maximum absolute atomic E-state index is 11.0. The van der Waals surface area contributed by atoms with E-state index in [0.717, 1.165) is 16.7 Å². The molecular formula is C12H16O2. The minimum absolute atomic E-state index is 0.366. The maximum atomic E-state index is 11.0. The van der Waals surface area contributed by atoms with Gasteiger partial charge in [-0.3, -0.25) is 4.79 Å². The largest absolute Gasteiger partial charge is 0.481 e. The number of aryl methyl sites for hydroxylation is 1. The summed E-state index contributed by atoms with van der Waals surface area (Å²) in [5, 5.41) is 9.04. The average molecular weight is 192 g/mol. The van der Waals surface area contributed by atoms with Gasteiger partial charge in [-0.25, -0.2) is 0 Å². The Bertz CT molecular complexity index is 342. The van der Waals surface area contributed by atoms with E-state index in [2.05, 4.69) is 0 Å². The van der Waals surface area contributed by atoms with Crippen molar-refractivity contribution in [2.24, 2.45) is 0 Å². The minimum atomic E-state index is -0.735. The Morgan fingerprint density at radius 3 is 2.57 bits per heavy atom. The Morgan fingerprint density at radius 2 is 2.07 bits per heavy atom. The lowest BCUT2D eigenvalue weighted by molar-refractivity contribution is -0.138. The number of carboxylic acids is 1. The Morgan fingerprint density at radius 1 is 1.43 bits per heavy atom. The lowest BCUT2D eigenvalue weighted by atomic mass is 9.91. The maximum Gasteiger partial charge on any atom is 0.310 e. The molecule has 14 heavy (non-hydrogen) atoms. The highest BCUT2D eigenvalue weighted by Crippen LogP contribution is 2.24. The van der Waals surface area contributed by atoms with Crippen molar-refractivity contribution in [1.29, 1.82) is 0 Å². The Kier molecular flexibility index (Phi) is 3.28. The van der Waals surface area contributed by atoms with Gasteiger partial charge in [0.15, 0.2) is 0 Å². The number of benzene rings is 1. The van der Waals surface area contributed by atoms with Gasteiger partial charge in [-0.15, -0.1) is 0 Å². The molecular weight excluding hydrogens is 176 g/mol. The molecule has 0 saturated carbocycles. The molecule has 0 radical (unpaired) electrons. The van der Waals surface area contributed by atoms with E-state index in [1.54, 1.807) is 0 Å². The third-order valence-electron chi connectivity index (χ3n) is 2.73. The second-order valence-electron chi connectivity index (χ2n) is 3.59. The molecule has 2 heteroatoms. The van der Waals surface area contributed by atoms with Crippen LogP contribution in [0.1, 0.15) is 36.0 Å². The van der Waals surface area contributed by atoms with E-state index < -0.39 is 5.97 Å². The fourth-order valence-electron chi connectivity index (χ4n) is 1.68. The Labute approximate surface area is 84.6 Å². The third kappa shape index (κ3) is 1.95. The molecule has 0 aliphatic carbocycles. The molecule has 1 N–H and O–H groups in total. The zero-order valence-electron chi connectivity index (χ0n) is 8.87. The van der Waals surface area contributed by atoms with E-state index in [1.165, 1.54) is 0 Å². The number of hydrogen-bond donors (Lipinski definition) is 1. The summed E-state index contributed by atoms with van der Waals surface area (Å²) in [7, 11) is 0. The van der Waals surface area contributed by atoms with E-state index in [4.69, 9.17) is 5.11 Å². The highest BCUT2D eigenvalue weighted by molar-refractivity contribution is 5.76. The van der Waals surface area contributed by atoms with Gasteiger partial charge in [0.1, 0.15) is 0 Å². The highest BCUT2D eigenvalue weighted by atomic mass is 16.4. The van der Waals surface area contributed by atoms with E-state index in [-0.39, 0.29) is 5.92 Å². The van der Waals surface area contributed by atoms with Crippen molar-refractivity contribution in [3.8, 4) is 0 Å². The minimum Gasteiger partial charge on any atom is -0.481 e. The second-order valence-corrected chi connectivity index (χ2v) is 3.59. The van der Waals surface area contributed by atoms with Crippen LogP contribution >= 0.6 is 0 Å². The Balaban J connectivity index is 3.16. The van der Waals surface area contributed by atoms with Crippen LogP contribution in [0.15, 0.2) is 18.2 Å². The SMILES string of the molecule is CCC(C(=O)O)c1cccc(C)c1C. The van der Waals surface area contributed by atoms with Crippen molar-refractivity contribution < 1.29 is 9.90 Å². The van der Waals surface area contributed by atoms with Crippen LogP contribution in [0, 0.1) is 13.8 Å². The topological polar surface area (TPSA) is 37.3 Å². The molecule has 0 aliphatic rings. The van der Waals surface area contributed by atoms with Crippen LogP contribution in [-0.4, -0.2) is 11.1 Å². The summed E-state index contributed by atoms with van der Waals surface area (Å²) in [6.45, 7) is 5.89. The van der Waals surface area contributed by atoms with Crippen molar-refractivity contribution >= 4 is 5.97 Å². The first-order chi connectivity index (χ1) is 6.57. The van der Waals surface area contributed by atoms with Crippen LogP contribution in [0.2, 0.25) is 0 Å². The number of hydrogen-bond acceptors (Lipinski definition) is 1. The van der Waals surface area contributed by atoms with Crippen LogP contribution in [0.3, 0.4) is 0 Å². The standard InChI is InChI=1S/C12H16O2/c1-4-10(12(13)14)11-7-5-6-8(2)9(11)3/h5-7,10H,4H2,1-3H3,(H,13,14). The number of aliphatic carboxylic acids is 1. The molecule has 0 bridgehead atoms. The molecule has 2 nitrogen and oxygen atoms in total. The lowest BCUT2D eigenvalue weighted by Gasteiger charge is -2.14. The molecule has 0 heterocycles. The molecule has 1 rings (SSSR count). The molecule has 1 aromatic rings. The third-order valence-corrected chi connectivity index (χ3v) is 2.73. The van der Waals surface area contributed by atoms with Crippen molar-refractivity contribution in [2.75, 3.05) is 0 Å². The second kappa shape index (κ2) is 4.27. The predicted octanol–water partition coefficient (Wildman–Crippen LogP) is 2.88. The van der Waals surface area contributed by atoms with Crippen LogP contribution in [0.5, 0.6) is 0 Å². The normalized spacial score (nSPS) is 12.5. The number of carboxylic acid groups (broad SMARTS) is 1. The summed E-state index contributed by atoms with van der Waals surface area (Å²) in [6, 6.07) is 5.83. The van der Waals surface area contributed by atoms with Gasteiger partial charge in [0.2, 0.25) is 0 Å². The van der Waals surface area contributed by atoms with Crippen molar-refractivity contribution in [2.45, 2.75) is 33.1 Å². The van der Waals surface area contributed by atoms with E-state index in [1.807, 2.05) is 39.0 Å². The Hall–Kier alpha value is -1.31. The molecule has 0 aliphatic heterocycles. The highest BCUT2D eigenvalue weighted by Gasteiger charge is 2.19. The average Bonchev–Trinajstić information content (AvgIpc) is 2.13. The molecule has 0 spiro atoms. The molecule has 1 atom stereocenters. The predicted molar refractivity (Wildman–Crippen MR) is 56.6 cm³/mol. The van der Waals surface area contributed by atoms with Crippen molar-refractivity contribution in [1.82, 2.24) is 0 Å². The summed E-state index contributed by atoms with van der Waals surface area (Å²) >= 11 is 0. The van der Waals surface area contributed by atoms with Crippen molar-refractivity contribution in [3.63, 3.8) is 0 Å². The fourth-order valence-corrected chi connectivity index (χ4v) is 1.68. The van der Waals surface area contributed by atoms with Crippen LogP contribution in [0.4, 0.5) is 0 Å². The van der Waals surface area contributed by atoms with Crippen LogP contribution in [-0.2, 0) is 4.79 Å². The van der Waals surface area contributed by atoms with Crippen molar-refractivity contribution in [3.05, 3.63) is 34.9 Å². The summed E-state index contributed by atoms with van der Waals surface area (Å²) in [6.07, 6.45) is 0.639. The van der Waals surface area contributed by atoms with Gasteiger partial charge in [0, 0.05) is 0 Å². The molecule has 76 valence electrons. The monoisotopic (exact) mass is 192 g/mol. The van der Waals surface area contributed by atoms with E-state index in [9.17, 15) is 4.79 Å². The first-order valence-corrected chi connectivity index (χ1v) is 4.86.